The zero-order chi connectivity index (χ0) is 20.2. The Bertz CT molecular complexity index is 783. The van der Waals surface area contributed by atoms with Gasteiger partial charge in [0, 0.05) is 43.5 Å². The molecule has 2 atom stereocenters. The Morgan fingerprint density at radius 3 is 2.72 bits per heavy atom. The van der Waals surface area contributed by atoms with Crippen LogP contribution in [0.3, 0.4) is 0 Å². The molecule has 0 bridgehead atoms. The lowest BCUT2D eigenvalue weighted by Gasteiger charge is -2.40. The molecule has 0 amide bonds. The second kappa shape index (κ2) is 9.41. The molecule has 158 valence electrons. The van der Waals surface area contributed by atoms with Gasteiger partial charge in [-0.15, -0.1) is 5.10 Å². The van der Waals surface area contributed by atoms with Gasteiger partial charge in [-0.2, -0.15) is 0 Å². The van der Waals surface area contributed by atoms with Crippen molar-refractivity contribution in [3.05, 3.63) is 35.1 Å². The minimum atomic E-state index is 0.230. The first-order valence-electron chi connectivity index (χ1n) is 10.7. The Hall–Kier alpha value is -1.70. The Labute approximate surface area is 178 Å². The maximum atomic E-state index is 6.18. The molecule has 2 aliphatic heterocycles. The molecule has 7 nitrogen and oxygen atoms in total. The summed E-state index contributed by atoms with van der Waals surface area (Å²) in [5, 5.41) is 13.6. The Balaban J connectivity index is 1.46. The topological polar surface area (TPSA) is 59.3 Å². The van der Waals surface area contributed by atoms with Crippen LogP contribution in [0.15, 0.2) is 24.3 Å². The molecule has 0 N–H and O–H groups in total. The average molecular weight is 419 g/mol. The monoisotopic (exact) mass is 418 g/mol. The summed E-state index contributed by atoms with van der Waals surface area (Å²) >= 11 is 6.18. The molecule has 2 fully saturated rings. The van der Waals surface area contributed by atoms with E-state index in [1.165, 1.54) is 5.69 Å². The van der Waals surface area contributed by atoms with Crippen molar-refractivity contribution in [3.63, 3.8) is 0 Å². The van der Waals surface area contributed by atoms with E-state index >= 15 is 0 Å². The van der Waals surface area contributed by atoms with Crippen LogP contribution in [0.1, 0.15) is 45.0 Å². The maximum absolute atomic E-state index is 6.18. The van der Waals surface area contributed by atoms with Gasteiger partial charge in [-0.25, -0.2) is 4.68 Å². The van der Waals surface area contributed by atoms with E-state index in [2.05, 4.69) is 45.2 Å². The van der Waals surface area contributed by atoms with E-state index in [0.29, 0.717) is 5.92 Å². The van der Waals surface area contributed by atoms with Crippen molar-refractivity contribution in [1.29, 1.82) is 0 Å². The third-order valence-corrected chi connectivity index (χ3v) is 6.12. The summed E-state index contributed by atoms with van der Waals surface area (Å²) in [4.78, 5) is 4.95. The van der Waals surface area contributed by atoms with Gasteiger partial charge in [0.15, 0.2) is 5.82 Å². The van der Waals surface area contributed by atoms with Crippen LogP contribution in [-0.2, 0) is 11.3 Å². The molecule has 0 unspecified atom stereocenters. The molecular weight excluding hydrogens is 388 g/mol. The van der Waals surface area contributed by atoms with Crippen LogP contribution in [-0.4, -0.2) is 64.0 Å². The first-order valence-corrected chi connectivity index (χ1v) is 11.1. The SMILES string of the molecule is CC(C)C[C@@H](c1nnnn1C[C@H]1CCCO1)N1CCN(c2cccc(Cl)c2)CC1. The van der Waals surface area contributed by atoms with E-state index in [0.717, 1.165) is 69.4 Å². The number of anilines is 1. The van der Waals surface area contributed by atoms with E-state index in [-0.39, 0.29) is 12.1 Å². The van der Waals surface area contributed by atoms with Crippen molar-refractivity contribution in [2.75, 3.05) is 37.7 Å². The van der Waals surface area contributed by atoms with E-state index in [1.54, 1.807) is 0 Å². The molecule has 0 aliphatic carbocycles. The quantitative estimate of drug-likeness (QED) is 0.686. The first-order chi connectivity index (χ1) is 14.1. The standard InChI is InChI=1S/C21H31ClN6O/c1-16(2)13-20(21-23-24-25-28(21)15-19-7-4-12-29-19)27-10-8-26(9-11-27)18-6-3-5-17(22)14-18/h3,5-6,14,16,19-20H,4,7-13,15H2,1-2H3/t19-,20+/m1/s1. The predicted molar refractivity (Wildman–Crippen MR) is 114 cm³/mol. The fraction of sp³-hybridized carbons (Fsp3) is 0.667. The highest BCUT2D eigenvalue weighted by atomic mass is 35.5. The Morgan fingerprint density at radius 2 is 2.03 bits per heavy atom. The number of piperazine rings is 1. The minimum absolute atomic E-state index is 0.230. The fourth-order valence-electron chi connectivity index (χ4n) is 4.39. The summed E-state index contributed by atoms with van der Waals surface area (Å²) in [6, 6.07) is 8.35. The van der Waals surface area contributed by atoms with Crippen LogP contribution in [0.25, 0.3) is 0 Å². The first kappa shape index (κ1) is 20.6. The van der Waals surface area contributed by atoms with Gasteiger partial charge in [0.1, 0.15) is 0 Å². The average Bonchev–Trinajstić information content (AvgIpc) is 3.39. The zero-order valence-electron chi connectivity index (χ0n) is 17.4. The lowest BCUT2D eigenvalue weighted by molar-refractivity contribution is 0.0885. The van der Waals surface area contributed by atoms with Crippen molar-refractivity contribution in [1.82, 2.24) is 25.1 Å². The molecule has 2 aliphatic rings. The highest BCUT2D eigenvalue weighted by molar-refractivity contribution is 6.30. The summed E-state index contributed by atoms with van der Waals surface area (Å²) < 4.78 is 7.79. The molecule has 0 saturated carbocycles. The van der Waals surface area contributed by atoms with Gasteiger partial charge >= 0.3 is 0 Å². The van der Waals surface area contributed by atoms with Gasteiger partial charge in [0.25, 0.3) is 0 Å². The molecule has 0 radical (unpaired) electrons. The van der Waals surface area contributed by atoms with Crippen LogP contribution in [0, 0.1) is 5.92 Å². The molecule has 0 spiro atoms. The Morgan fingerprint density at radius 1 is 1.21 bits per heavy atom. The highest BCUT2D eigenvalue weighted by Gasteiger charge is 2.31. The number of ether oxygens (including phenoxy) is 1. The number of nitrogens with zero attached hydrogens (tertiary/aromatic N) is 6. The molecule has 29 heavy (non-hydrogen) atoms. The van der Waals surface area contributed by atoms with Gasteiger partial charge < -0.3 is 9.64 Å². The van der Waals surface area contributed by atoms with Crippen molar-refractivity contribution in [3.8, 4) is 0 Å². The fourth-order valence-corrected chi connectivity index (χ4v) is 4.57. The van der Waals surface area contributed by atoms with E-state index in [1.807, 2.05) is 22.9 Å². The van der Waals surface area contributed by atoms with Crippen LogP contribution in [0.4, 0.5) is 5.69 Å². The van der Waals surface area contributed by atoms with Crippen molar-refractivity contribution in [2.24, 2.45) is 5.92 Å². The number of rotatable bonds is 7. The third-order valence-electron chi connectivity index (χ3n) is 5.88. The van der Waals surface area contributed by atoms with E-state index in [4.69, 9.17) is 16.3 Å². The van der Waals surface area contributed by atoms with E-state index in [9.17, 15) is 0 Å². The largest absolute Gasteiger partial charge is 0.376 e. The number of halogens is 1. The molecule has 2 aromatic rings. The van der Waals surface area contributed by atoms with E-state index < -0.39 is 0 Å². The van der Waals surface area contributed by atoms with Gasteiger partial charge in [-0.3, -0.25) is 4.90 Å². The van der Waals surface area contributed by atoms with Crippen molar-refractivity contribution < 1.29 is 4.74 Å². The minimum Gasteiger partial charge on any atom is -0.376 e. The van der Waals surface area contributed by atoms with Crippen molar-refractivity contribution >= 4 is 17.3 Å². The highest BCUT2D eigenvalue weighted by Crippen LogP contribution is 2.29. The molecule has 3 heterocycles. The van der Waals surface area contributed by atoms with Gasteiger partial charge in [-0.1, -0.05) is 31.5 Å². The lowest BCUT2D eigenvalue weighted by Crippen LogP contribution is -2.48. The summed E-state index contributed by atoms with van der Waals surface area (Å²) in [5.74, 6) is 1.55. The summed E-state index contributed by atoms with van der Waals surface area (Å²) in [7, 11) is 0. The smallest absolute Gasteiger partial charge is 0.168 e. The second-order valence-corrected chi connectivity index (χ2v) is 8.94. The maximum Gasteiger partial charge on any atom is 0.168 e. The number of hydrogen-bond donors (Lipinski definition) is 0. The third kappa shape index (κ3) is 5.08. The molecular formula is C21H31ClN6O. The van der Waals surface area contributed by atoms with Gasteiger partial charge in [-0.05, 0) is 53.8 Å². The number of benzene rings is 1. The molecule has 1 aromatic carbocycles. The number of tetrazole rings is 1. The van der Waals surface area contributed by atoms with Crippen LogP contribution < -0.4 is 4.90 Å². The molecule has 4 rings (SSSR count). The second-order valence-electron chi connectivity index (χ2n) is 8.50. The van der Waals surface area contributed by atoms with Gasteiger partial charge in [0.05, 0.1) is 18.7 Å². The molecule has 2 saturated heterocycles. The predicted octanol–water partition coefficient (Wildman–Crippen LogP) is 3.41. The van der Waals surface area contributed by atoms with Gasteiger partial charge in [0.2, 0.25) is 0 Å². The van der Waals surface area contributed by atoms with Crippen LogP contribution >= 0.6 is 11.6 Å². The summed E-state index contributed by atoms with van der Waals surface area (Å²) in [5.41, 5.74) is 1.20. The summed E-state index contributed by atoms with van der Waals surface area (Å²) in [6.07, 6.45) is 3.50. The van der Waals surface area contributed by atoms with Crippen LogP contribution in [0.5, 0.6) is 0 Å². The lowest BCUT2D eigenvalue weighted by atomic mass is 10.0. The number of hydrogen-bond acceptors (Lipinski definition) is 6. The zero-order valence-corrected chi connectivity index (χ0v) is 18.1. The normalized spacial score (nSPS) is 21.8. The molecule has 1 aromatic heterocycles. The van der Waals surface area contributed by atoms with Crippen LogP contribution in [0.2, 0.25) is 5.02 Å². The summed E-state index contributed by atoms with van der Waals surface area (Å²) in [6.45, 7) is 10.0. The molecule has 8 heteroatoms. The van der Waals surface area contributed by atoms with Crippen molar-refractivity contribution in [2.45, 2.75) is 51.8 Å². The Kier molecular flexibility index (Phi) is 6.67. The number of aromatic nitrogens is 4.